The molecule has 0 aliphatic heterocycles. The lowest BCUT2D eigenvalue weighted by atomic mass is 9.99. The zero-order valence-corrected chi connectivity index (χ0v) is 11.2. The molecular weight excluding hydrogens is 256 g/mol. The minimum atomic E-state index is -3.28. The van der Waals surface area contributed by atoms with Gasteiger partial charge in [0.2, 0.25) is 0 Å². The van der Waals surface area contributed by atoms with Crippen molar-refractivity contribution in [3.63, 3.8) is 0 Å². The molecule has 1 atom stereocenters. The molecule has 0 heterocycles. The Kier molecular flexibility index (Phi) is 3.83. The fraction of sp³-hybridized carbons (Fsp3) is 0.417. The second-order valence-corrected chi connectivity index (χ2v) is 7.21. The SMILES string of the molecule is CC(C)(c1ccc(C(O)C(=O)O)cc1)S(C)(=O)=O. The average Bonchev–Trinajstić information content (AvgIpc) is 2.26. The van der Waals surface area contributed by atoms with Crippen LogP contribution in [0.25, 0.3) is 0 Å². The van der Waals surface area contributed by atoms with Crippen molar-refractivity contribution in [2.45, 2.75) is 24.7 Å². The van der Waals surface area contributed by atoms with Gasteiger partial charge in [0.25, 0.3) is 0 Å². The van der Waals surface area contributed by atoms with Crippen LogP contribution < -0.4 is 0 Å². The maximum Gasteiger partial charge on any atom is 0.337 e. The number of aliphatic carboxylic acids is 1. The van der Waals surface area contributed by atoms with Gasteiger partial charge in [-0.05, 0) is 25.0 Å². The molecule has 0 bridgehead atoms. The van der Waals surface area contributed by atoms with Crippen LogP contribution in [-0.4, -0.2) is 30.9 Å². The van der Waals surface area contributed by atoms with Crippen LogP contribution in [-0.2, 0) is 19.4 Å². The lowest BCUT2D eigenvalue weighted by Gasteiger charge is -2.23. The van der Waals surface area contributed by atoms with Gasteiger partial charge >= 0.3 is 5.97 Å². The van der Waals surface area contributed by atoms with Gasteiger partial charge < -0.3 is 10.2 Å². The Hall–Kier alpha value is -1.40. The van der Waals surface area contributed by atoms with Crippen LogP contribution in [0, 0.1) is 0 Å². The molecule has 0 aliphatic rings. The summed E-state index contributed by atoms with van der Waals surface area (Å²) in [6.45, 7) is 3.15. The highest BCUT2D eigenvalue weighted by molar-refractivity contribution is 7.91. The average molecular weight is 272 g/mol. The van der Waals surface area contributed by atoms with Crippen LogP contribution in [0.4, 0.5) is 0 Å². The van der Waals surface area contributed by atoms with Crippen molar-refractivity contribution < 1.29 is 23.4 Å². The summed E-state index contributed by atoms with van der Waals surface area (Å²) in [4.78, 5) is 10.6. The van der Waals surface area contributed by atoms with Crippen LogP contribution >= 0.6 is 0 Å². The predicted molar refractivity (Wildman–Crippen MR) is 66.9 cm³/mol. The van der Waals surface area contributed by atoms with Crippen LogP contribution in [0.1, 0.15) is 31.1 Å². The van der Waals surface area contributed by atoms with E-state index in [0.717, 1.165) is 6.26 Å². The van der Waals surface area contributed by atoms with Crippen molar-refractivity contribution >= 4 is 15.8 Å². The van der Waals surface area contributed by atoms with E-state index in [1.807, 2.05) is 0 Å². The van der Waals surface area contributed by atoms with Gasteiger partial charge in [0.05, 0.1) is 4.75 Å². The summed E-state index contributed by atoms with van der Waals surface area (Å²) in [5.41, 5.74) is 0.766. The molecule has 5 nitrogen and oxygen atoms in total. The number of aliphatic hydroxyl groups excluding tert-OH is 1. The smallest absolute Gasteiger partial charge is 0.337 e. The van der Waals surface area contributed by atoms with Gasteiger partial charge in [0.1, 0.15) is 0 Å². The largest absolute Gasteiger partial charge is 0.479 e. The first-order valence-electron chi connectivity index (χ1n) is 5.28. The summed E-state index contributed by atoms with van der Waals surface area (Å²) in [5, 5.41) is 18.0. The van der Waals surface area contributed by atoms with Gasteiger partial charge in [-0.25, -0.2) is 13.2 Å². The molecule has 1 aromatic carbocycles. The Morgan fingerprint density at radius 1 is 1.22 bits per heavy atom. The molecule has 0 saturated heterocycles. The van der Waals surface area contributed by atoms with E-state index in [1.165, 1.54) is 24.3 Å². The Balaban J connectivity index is 3.15. The number of hydrogen-bond donors (Lipinski definition) is 2. The van der Waals surface area contributed by atoms with E-state index in [-0.39, 0.29) is 5.56 Å². The molecule has 0 aliphatic carbocycles. The van der Waals surface area contributed by atoms with Gasteiger partial charge in [-0.2, -0.15) is 0 Å². The van der Waals surface area contributed by atoms with Crippen LogP contribution in [0.2, 0.25) is 0 Å². The van der Waals surface area contributed by atoms with Crippen LogP contribution in [0.15, 0.2) is 24.3 Å². The molecule has 1 rings (SSSR count). The normalized spacial score (nSPS) is 14.2. The van der Waals surface area contributed by atoms with Crippen molar-refractivity contribution in [1.29, 1.82) is 0 Å². The fourth-order valence-electron chi connectivity index (χ4n) is 1.42. The summed E-state index contributed by atoms with van der Waals surface area (Å²) >= 11 is 0. The monoisotopic (exact) mass is 272 g/mol. The second kappa shape index (κ2) is 4.70. The van der Waals surface area contributed by atoms with Crippen molar-refractivity contribution in [3.05, 3.63) is 35.4 Å². The summed E-state index contributed by atoms with van der Waals surface area (Å²) in [6, 6.07) is 5.87. The highest BCUT2D eigenvalue weighted by Crippen LogP contribution is 2.29. The van der Waals surface area contributed by atoms with Gasteiger partial charge in [-0.1, -0.05) is 24.3 Å². The molecule has 1 unspecified atom stereocenters. The van der Waals surface area contributed by atoms with Crippen molar-refractivity contribution in [3.8, 4) is 0 Å². The predicted octanol–water partition coefficient (Wildman–Crippen LogP) is 1.08. The topological polar surface area (TPSA) is 91.7 Å². The van der Waals surface area contributed by atoms with Gasteiger partial charge in [0, 0.05) is 6.26 Å². The maximum atomic E-state index is 11.6. The first-order valence-corrected chi connectivity index (χ1v) is 7.17. The van der Waals surface area contributed by atoms with E-state index in [4.69, 9.17) is 5.11 Å². The molecule has 0 aromatic heterocycles. The molecule has 0 spiro atoms. The molecule has 2 N–H and O–H groups in total. The van der Waals surface area contributed by atoms with Crippen molar-refractivity contribution in [2.24, 2.45) is 0 Å². The number of benzene rings is 1. The third-order valence-electron chi connectivity index (χ3n) is 3.08. The van der Waals surface area contributed by atoms with E-state index in [0.29, 0.717) is 5.56 Å². The first kappa shape index (κ1) is 14.7. The molecular formula is C12H16O5S. The number of carbonyl (C=O) groups is 1. The summed E-state index contributed by atoms with van der Waals surface area (Å²) in [5.74, 6) is -1.34. The van der Waals surface area contributed by atoms with E-state index < -0.39 is 26.7 Å². The van der Waals surface area contributed by atoms with Crippen molar-refractivity contribution in [1.82, 2.24) is 0 Å². The highest BCUT2D eigenvalue weighted by atomic mass is 32.2. The van der Waals surface area contributed by atoms with Crippen LogP contribution in [0.5, 0.6) is 0 Å². The third-order valence-corrected chi connectivity index (χ3v) is 5.17. The highest BCUT2D eigenvalue weighted by Gasteiger charge is 2.32. The Labute approximate surface area is 106 Å². The second-order valence-electron chi connectivity index (χ2n) is 4.65. The molecule has 0 radical (unpaired) electrons. The zero-order valence-electron chi connectivity index (χ0n) is 10.4. The Morgan fingerprint density at radius 3 is 2.00 bits per heavy atom. The summed E-state index contributed by atoms with van der Waals surface area (Å²) in [6.07, 6.45) is -0.451. The quantitative estimate of drug-likeness (QED) is 0.856. The molecule has 0 saturated carbocycles. The summed E-state index contributed by atoms with van der Waals surface area (Å²) in [7, 11) is -3.28. The van der Waals surface area contributed by atoms with E-state index in [2.05, 4.69) is 0 Å². The maximum absolute atomic E-state index is 11.6. The zero-order chi connectivity index (χ0) is 14.1. The third kappa shape index (κ3) is 2.70. The van der Waals surface area contributed by atoms with E-state index in [1.54, 1.807) is 13.8 Å². The van der Waals surface area contributed by atoms with Crippen molar-refractivity contribution in [2.75, 3.05) is 6.26 Å². The minimum Gasteiger partial charge on any atom is -0.479 e. The Morgan fingerprint density at radius 2 is 1.67 bits per heavy atom. The van der Waals surface area contributed by atoms with E-state index >= 15 is 0 Å². The molecule has 18 heavy (non-hydrogen) atoms. The van der Waals surface area contributed by atoms with Crippen LogP contribution in [0.3, 0.4) is 0 Å². The molecule has 1 aromatic rings. The molecule has 0 amide bonds. The number of aliphatic hydroxyl groups is 1. The number of sulfone groups is 1. The van der Waals surface area contributed by atoms with Gasteiger partial charge in [0.15, 0.2) is 15.9 Å². The molecule has 0 fully saturated rings. The standard InChI is InChI=1S/C12H16O5S/c1-12(2,18(3,16)17)9-6-4-8(5-7-9)10(13)11(14)15/h4-7,10,13H,1-3H3,(H,14,15). The molecule has 100 valence electrons. The Bertz CT molecular complexity index is 542. The lowest BCUT2D eigenvalue weighted by Crippen LogP contribution is -2.28. The number of carboxylic acids is 1. The van der Waals surface area contributed by atoms with E-state index in [9.17, 15) is 18.3 Å². The number of rotatable bonds is 4. The molecule has 6 heteroatoms. The number of carboxylic acid groups (broad SMARTS) is 1. The van der Waals surface area contributed by atoms with Gasteiger partial charge in [-0.15, -0.1) is 0 Å². The minimum absolute atomic E-state index is 0.218. The first-order chi connectivity index (χ1) is 8.07. The summed E-state index contributed by atoms with van der Waals surface area (Å²) < 4.78 is 22.2. The fourth-order valence-corrected chi connectivity index (χ4v) is 1.99. The van der Waals surface area contributed by atoms with Gasteiger partial charge in [-0.3, -0.25) is 0 Å². The lowest BCUT2D eigenvalue weighted by molar-refractivity contribution is -0.146. The number of hydrogen-bond acceptors (Lipinski definition) is 4.